The van der Waals surface area contributed by atoms with Crippen LogP contribution in [-0.2, 0) is 12.8 Å². The average Bonchev–Trinajstić information content (AvgIpc) is 2.84. The van der Waals surface area contributed by atoms with Crippen LogP contribution in [-0.4, -0.2) is 40.2 Å². The molecule has 6 N–H and O–H groups in total. The van der Waals surface area contributed by atoms with Gasteiger partial charge in [0.15, 0.2) is 0 Å². The first-order chi connectivity index (χ1) is 16.4. The van der Waals surface area contributed by atoms with Gasteiger partial charge in [0.2, 0.25) is 0 Å². The summed E-state index contributed by atoms with van der Waals surface area (Å²) in [6.07, 6.45) is 4.43. The number of nitrogens with one attached hydrogen (secondary N) is 2. The number of phenolic OH excluding ortho intramolecular Hbond substituents is 1. The molecular weight excluding hydrogens is 428 g/mol. The zero-order valence-electron chi connectivity index (χ0n) is 19.6. The molecule has 180 valence electrons. The van der Waals surface area contributed by atoms with Gasteiger partial charge >= 0.3 is 0 Å². The molecular formula is C27H34N4O3. The highest BCUT2D eigenvalue weighted by molar-refractivity contribution is 5.94. The number of aromatic hydroxyl groups is 1. The van der Waals surface area contributed by atoms with Gasteiger partial charge in [-0.05, 0) is 74.1 Å². The van der Waals surface area contributed by atoms with E-state index in [2.05, 4.69) is 22.5 Å². The second-order valence-corrected chi connectivity index (χ2v) is 8.63. The van der Waals surface area contributed by atoms with Crippen LogP contribution in [0.5, 0.6) is 5.75 Å². The molecule has 1 heterocycles. The number of aliphatic hydroxyl groups is 1. The predicted octanol–water partition coefficient (Wildman–Crippen LogP) is 3.38. The quantitative estimate of drug-likeness (QED) is 0.263. The van der Waals surface area contributed by atoms with E-state index in [-0.39, 0.29) is 17.7 Å². The number of unbranched alkanes of at least 4 members (excludes halogenated alkanes) is 1. The minimum atomic E-state index is -0.665. The number of phenols is 1. The molecule has 3 rings (SSSR count). The number of nitrogens with two attached hydrogens (primary N) is 1. The van der Waals surface area contributed by atoms with Gasteiger partial charge < -0.3 is 26.6 Å². The summed E-state index contributed by atoms with van der Waals surface area (Å²) in [5.41, 5.74) is 9.20. The van der Waals surface area contributed by atoms with Gasteiger partial charge in [-0.1, -0.05) is 30.3 Å². The van der Waals surface area contributed by atoms with Gasteiger partial charge in [0.25, 0.3) is 5.91 Å². The highest BCUT2D eigenvalue weighted by Crippen LogP contribution is 2.14. The summed E-state index contributed by atoms with van der Waals surface area (Å²) in [6.45, 7) is 3.07. The molecule has 0 saturated heterocycles. The van der Waals surface area contributed by atoms with Crippen LogP contribution in [0, 0.1) is 0 Å². The molecule has 2 aromatic carbocycles. The Morgan fingerprint density at radius 2 is 1.85 bits per heavy atom. The van der Waals surface area contributed by atoms with Crippen molar-refractivity contribution in [2.45, 2.75) is 44.8 Å². The smallest absolute Gasteiger partial charge is 0.251 e. The van der Waals surface area contributed by atoms with Gasteiger partial charge in [-0.3, -0.25) is 4.79 Å². The molecule has 0 aliphatic carbocycles. The molecule has 0 radical (unpaired) electrons. The number of amides is 1. The number of aliphatic hydroxyl groups excluding tert-OH is 1. The summed E-state index contributed by atoms with van der Waals surface area (Å²) in [5.74, 6) is 0.630. The fourth-order valence-electron chi connectivity index (χ4n) is 3.73. The number of hydrogen-bond acceptors (Lipinski definition) is 6. The third-order valence-electron chi connectivity index (χ3n) is 5.70. The largest absolute Gasteiger partial charge is 0.508 e. The van der Waals surface area contributed by atoms with Crippen molar-refractivity contribution in [1.29, 1.82) is 0 Å². The second-order valence-electron chi connectivity index (χ2n) is 8.63. The number of rotatable bonds is 12. The number of pyridine rings is 1. The third kappa shape index (κ3) is 8.17. The van der Waals surface area contributed by atoms with E-state index in [0.717, 1.165) is 36.8 Å². The lowest BCUT2D eigenvalue weighted by Gasteiger charge is -2.18. The van der Waals surface area contributed by atoms with Crippen LogP contribution in [0.4, 0.5) is 5.82 Å². The molecule has 0 spiro atoms. The second kappa shape index (κ2) is 12.7. The molecule has 34 heavy (non-hydrogen) atoms. The maximum Gasteiger partial charge on any atom is 0.251 e. The monoisotopic (exact) mass is 462 g/mol. The van der Waals surface area contributed by atoms with Crippen LogP contribution >= 0.6 is 0 Å². The van der Waals surface area contributed by atoms with Crippen molar-refractivity contribution in [3.05, 3.63) is 89.1 Å². The lowest BCUT2D eigenvalue weighted by atomic mass is 10.0. The summed E-state index contributed by atoms with van der Waals surface area (Å²) in [4.78, 5) is 16.6. The summed E-state index contributed by atoms with van der Waals surface area (Å²) in [7, 11) is 0. The number of aryl methyl sites for hydroxylation is 1. The average molecular weight is 463 g/mol. The minimum absolute atomic E-state index is 0.0710. The summed E-state index contributed by atoms with van der Waals surface area (Å²) in [5, 5.41) is 26.0. The van der Waals surface area contributed by atoms with Crippen LogP contribution in [0.3, 0.4) is 0 Å². The van der Waals surface area contributed by atoms with E-state index >= 15 is 0 Å². The summed E-state index contributed by atoms with van der Waals surface area (Å²) in [6, 6.07) is 18.5. The molecule has 7 nitrogen and oxygen atoms in total. The van der Waals surface area contributed by atoms with E-state index in [9.17, 15) is 15.0 Å². The molecule has 0 aliphatic heterocycles. The molecule has 1 aromatic heterocycles. The van der Waals surface area contributed by atoms with E-state index in [1.165, 1.54) is 5.56 Å². The highest BCUT2D eigenvalue weighted by Gasteiger charge is 2.12. The van der Waals surface area contributed by atoms with E-state index in [0.29, 0.717) is 24.5 Å². The number of hydrogen-bond donors (Lipinski definition) is 5. The van der Waals surface area contributed by atoms with Crippen molar-refractivity contribution < 1.29 is 15.0 Å². The third-order valence-corrected chi connectivity index (χ3v) is 5.70. The molecule has 1 amide bonds. The van der Waals surface area contributed by atoms with Crippen molar-refractivity contribution >= 4 is 11.7 Å². The first-order valence-corrected chi connectivity index (χ1v) is 11.7. The molecule has 0 fully saturated rings. The summed E-state index contributed by atoms with van der Waals surface area (Å²) < 4.78 is 0. The minimum Gasteiger partial charge on any atom is -0.508 e. The van der Waals surface area contributed by atoms with Gasteiger partial charge in [0.1, 0.15) is 11.6 Å². The van der Waals surface area contributed by atoms with Crippen LogP contribution in [0.15, 0.2) is 66.9 Å². The van der Waals surface area contributed by atoms with E-state index < -0.39 is 6.10 Å². The van der Waals surface area contributed by atoms with E-state index in [1.54, 1.807) is 30.5 Å². The topological polar surface area (TPSA) is 120 Å². The van der Waals surface area contributed by atoms with Crippen molar-refractivity contribution in [3.63, 3.8) is 0 Å². The normalized spacial score (nSPS) is 12.8. The maximum absolute atomic E-state index is 12.5. The van der Waals surface area contributed by atoms with E-state index in [4.69, 9.17) is 5.73 Å². The Morgan fingerprint density at radius 1 is 1.06 bits per heavy atom. The number of aromatic nitrogens is 1. The molecule has 0 aliphatic rings. The van der Waals surface area contributed by atoms with Crippen molar-refractivity contribution in [2.24, 2.45) is 0 Å². The fraction of sp³-hybridized carbons (Fsp3) is 0.333. The van der Waals surface area contributed by atoms with Gasteiger partial charge in [-0.15, -0.1) is 0 Å². The van der Waals surface area contributed by atoms with Crippen LogP contribution in [0.25, 0.3) is 0 Å². The van der Waals surface area contributed by atoms with Gasteiger partial charge in [0.05, 0.1) is 6.10 Å². The lowest BCUT2D eigenvalue weighted by molar-refractivity contribution is 0.0953. The number of benzene rings is 2. The zero-order valence-corrected chi connectivity index (χ0v) is 19.6. The Bertz CT molecular complexity index is 1040. The predicted molar refractivity (Wildman–Crippen MR) is 135 cm³/mol. The van der Waals surface area contributed by atoms with Crippen LogP contribution < -0.4 is 16.4 Å². The molecule has 3 aromatic rings. The molecule has 0 bridgehead atoms. The van der Waals surface area contributed by atoms with Crippen molar-refractivity contribution in [1.82, 2.24) is 15.6 Å². The number of nitrogens with zero attached hydrogens (tertiary/aromatic N) is 1. The number of carbonyl (C=O) groups is 1. The Morgan fingerprint density at radius 3 is 2.59 bits per heavy atom. The van der Waals surface area contributed by atoms with E-state index in [1.807, 2.05) is 36.4 Å². The summed E-state index contributed by atoms with van der Waals surface area (Å²) >= 11 is 0. The molecule has 7 heteroatoms. The maximum atomic E-state index is 12.5. The Kier molecular flexibility index (Phi) is 9.43. The molecule has 2 atom stereocenters. The Labute approximate surface area is 201 Å². The zero-order chi connectivity index (χ0) is 24.3. The fourth-order valence-corrected chi connectivity index (χ4v) is 3.73. The number of anilines is 1. The van der Waals surface area contributed by atoms with Crippen molar-refractivity contribution in [3.8, 4) is 5.75 Å². The SMILES string of the molecule is C[C@H](Cc1cccc(C(=O)NCCCCc2ccc(O)cc2)c1)NC[C@H](O)c1ccc(N)nc1. The number of nitrogen functional groups attached to an aromatic ring is 1. The first kappa shape index (κ1) is 25.2. The van der Waals surface area contributed by atoms with Gasteiger partial charge in [-0.2, -0.15) is 0 Å². The lowest BCUT2D eigenvalue weighted by Crippen LogP contribution is -2.32. The first-order valence-electron chi connectivity index (χ1n) is 11.7. The van der Waals surface area contributed by atoms with Crippen molar-refractivity contribution in [2.75, 3.05) is 18.8 Å². The van der Waals surface area contributed by atoms with Gasteiger partial charge in [0, 0.05) is 36.5 Å². The van der Waals surface area contributed by atoms with Crippen LogP contribution in [0.1, 0.15) is 52.9 Å². The Balaban J connectivity index is 1.39. The Hall–Kier alpha value is -3.42. The molecule has 0 unspecified atom stereocenters. The van der Waals surface area contributed by atoms with Gasteiger partial charge in [-0.25, -0.2) is 4.98 Å². The standard InChI is InChI=1S/C27H34N4O3/c1-19(30-18-25(33)23-10-13-26(28)31-17-23)15-21-6-4-7-22(16-21)27(34)29-14-3-2-5-20-8-11-24(32)12-9-20/h4,6-13,16-17,19,25,30,32-33H,2-3,5,14-15,18H2,1H3,(H2,28,31)(H,29,34)/t19-,25+/m1/s1. The van der Waals surface area contributed by atoms with Crippen LogP contribution in [0.2, 0.25) is 0 Å². The highest BCUT2D eigenvalue weighted by atomic mass is 16.3. The number of carbonyl (C=O) groups excluding carboxylic acids is 1. The molecule has 0 saturated carbocycles.